The number of imide groups is 1. The fourth-order valence-electron chi connectivity index (χ4n) is 2.84. The number of nitrogens with zero attached hydrogens (tertiary/aromatic N) is 1. The van der Waals surface area contributed by atoms with Crippen molar-refractivity contribution >= 4 is 40.6 Å². The van der Waals surface area contributed by atoms with E-state index in [4.69, 9.17) is 21.1 Å². The smallest absolute Gasteiger partial charge is 0.416 e. The van der Waals surface area contributed by atoms with Gasteiger partial charge in [0, 0.05) is 11.1 Å². The Morgan fingerprint density at radius 3 is 2.59 bits per heavy atom. The summed E-state index contributed by atoms with van der Waals surface area (Å²) in [5.41, 5.74) is -0.178. The quantitative estimate of drug-likeness (QED) is 0.603. The summed E-state index contributed by atoms with van der Waals surface area (Å²) in [5, 5.41) is -0.239. The summed E-state index contributed by atoms with van der Waals surface area (Å²) in [6.07, 6.45) is -3.24. The molecule has 1 saturated heterocycles. The number of rotatable bonds is 3. The molecule has 4 rings (SSSR count). The summed E-state index contributed by atoms with van der Waals surface area (Å²) >= 11 is 6.85. The number of thioether (sulfide) groups is 1. The number of carbonyl (C=O) groups is 2. The summed E-state index contributed by atoms with van der Waals surface area (Å²) < 4.78 is 49.1. The molecule has 2 aromatic rings. The molecular formula is C19H11ClF3NO4S. The lowest BCUT2D eigenvalue weighted by molar-refractivity contribution is -0.137. The van der Waals surface area contributed by atoms with E-state index < -0.39 is 22.9 Å². The first-order valence-corrected chi connectivity index (χ1v) is 9.42. The van der Waals surface area contributed by atoms with Crippen molar-refractivity contribution in [3.63, 3.8) is 0 Å². The molecule has 2 heterocycles. The number of ether oxygens (including phenoxy) is 2. The van der Waals surface area contributed by atoms with E-state index in [2.05, 4.69) is 0 Å². The maximum atomic E-state index is 12.9. The highest BCUT2D eigenvalue weighted by molar-refractivity contribution is 8.18. The van der Waals surface area contributed by atoms with Crippen LogP contribution in [0.1, 0.15) is 16.7 Å². The predicted molar refractivity (Wildman–Crippen MR) is 101 cm³/mol. The molecule has 1 fully saturated rings. The van der Waals surface area contributed by atoms with Crippen LogP contribution in [0, 0.1) is 0 Å². The van der Waals surface area contributed by atoms with Crippen LogP contribution < -0.4 is 9.47 Å². The van der Waals surface area contributed by atoms with Crippen molar-refractivity contribution in [3.8, 4) is 11.5 Å². The van der Waals surface area contributed by atoms with Gasteiger partial charge in [0.25, 0.3) is 11.1 Å². The highest BCUT2D eigenvalue weighted by atomic mass is 35.5. The molecule has 0 aromatic heterocycles. The van der Waals surface area contributed by atoms with Crippen LogP contribution >= 0.6 is 23.4 Å². The Bertz CT molecular complexity index is 1050. The third kappa shape index (κ3) is 3.92. The van der Waals surface area contributed by atoms with E-state index in [-0.39, 0.29) is 23.8 Å². The Morgan fingerprint density at radius 2 is 1.86 bits per heavy atom. The highest BCUT2D eigenvalue weighted by Gasteiger charge is 2.36. The molecule has 0 saturated carbocycles. The average Bonchev–Trinajstić information content (AvgIpc) is 3.21. The van der Waals surface area contributed by atoms with Gasteiger partial charge in [0.2, 0.25) is 6.79 Å². The minimum Gasteiger partial charge on any atom is -0.454 e. The Labute approximate surface area is 172 Å². The predicted octanol–water partition coefficient (Wildman–Crippen LogP) is 5.32. The molecule has 2 aliphatic heterocycles. The Hall–Kier alpha value is -2.65. The summed E-state index contributed by atoms with van der Waals surface area (Å²) in [4.78, 5) is 26.0. The molecule has 0 unspecified atom stereocenters. The van der Waals surface area contributed by atoms with Crippen molar-refractivity contribution in [2.24, 2.45) is 0 Å². The number of hydrogen-bond acceptors (Lipinski definition) is 5. The van der Waals surface area contributed by atoms with E-state index in [1.54, 1.807) is 6.07 Å². The van der Waals surface area contributed by atoms with Crippen LogP contribution in [-0.2, 0) is 17.5 Å². The molecule has 2 amide bonds. The van der Waals surface area contributed by atoms with Gasteiger partial charge in [-0.1, -0.05) is 23.7 Å². The summed E-state index contributed by atoms with van der Waals surface area (Å²) in [7, 11) is 0. The van der Waals surface area contributed by atoms with Crippen LogP contribution in [0.4, 0.5) is 18.0 Å². The fourth-order valence-corrected chi connectivity index (χ4v) is 3.89. The molecule has 0 atom stereocenters. The van der Waals surface area contributed by atoms with Gasteiger partial charge >= 0.3 is 6.18 Å². The summed E-state index contributed by atoms with van der Waals surface area (Å²) in [6, 6.07) is 7.65. The van der Waals surface area contributed by atoms with Gasteiger partial charge in [0.1, 0.15) is 0 Å². The van der Waals surface area contributed by atoms with Crippen molar-refractivity contribution < 1.29 is 32.2 Å². The van der Waals surface area contributed by atoms with Crippen LogP contribution in [0.25, 0.3) is 6.08 Å². The van der Waals surface area contributed by atoms with E-state index >= 15 is 0 Å². The maximum absolute atomic E-state index is 12.9. The van der Waals surface area contributed by atoms with Crippen molar-refractivity contribution in [1.82, 2.24) is 4.90 Å². The summed E-state index contributed by atoms with van der Waals surface area (Å²) in [6.45, 7) is -0.0451. The van der Waals surface area contributed by atoms with Gasteiger partial charge in [0.15, 0.2) is 11.5 Å². The Kier molecular flexibility index (Phi) is 4.95. The molecule has 0 N–H and O–H groups in total. The van der Waals surface area contributed by atoms with Gasteiger partial charge < -0.3 is 9.47 Å². The molecule has 0 spiro atoms. The zero-order valence-corrected chi connectivity index (χ0v) is 16.0. The third-order valence-corrected chi connectivity index (χ3v) is 5.51. The second-order valence-electron chi connectivity index (χ2n) is 6.19. The molecule has 0 radical (unpaired) electrons. The minimum absolute atomic E-state index is 0.0335. The Morgan fingerprint density at radius 1 is 1.14 bits per heavy atom. The van der Waals surface area contributed by atoms with Gasteiger partial charge in [-0.25, -0.2) is 0 Å². The molecule has 5 nitrogen and oxygen atoms in total. The molecule has 10 heteroatoms. The lowest BCUT2D eigenvalue weighted by Crippen LogP contribution is -2.27. The zero-order valence-electron chi connectivity index (χ0n) is 14.5. The molecule has 2 aliphatic rings. The number of amides is 2. The van der Waals surface area contributed by atoms with E-state index in [1.807, 2.05) is 0 Å². The van der Waals surface area contributed by atoms with Gasteiger partial charge in [-0.2, -0.15) is 13.2 Å². The van der Waals surface area contributed by atoms with Crippen LogP contribution in [0.15, 0.2) is 41.3 Å². The first-order valence-electron chi connectivity index (χ1n) is 8.23. The standard InChI is InChI=1S/C19H11ClF3NO4S/c20-13-7-15-14(27-9-28-15)6-11(13)8-24-17(25)16(29-18(24)26)5-10-2-1-3-12(4-10)19(21,22)23/h1-7H,8-9H2. The lowest BCUT2D eigenvalue weighted by atomic mass is 10.1. The van der Waals surface area contributed by atoms with Crippen LogP contribution in [0.5, 0.6) is 11.5 Å². The monoisotopic (exact) mass is 441 g/mol. The van der Waals surface area contributed by atoms with Crippen LogP contribution in [0.3, 0.4) is 0 Å². The number of hydrogen-bond donors (Lipinski definition) is 0. The van der Waals surface area contributed by atoms with Gasteiger partial charge in [-0.15, -0.1) is 0 Å². The zero-order chi connectivity index (χ0) is 20.8. The van der Waals surface area contributed by atoms with E-state index in [0.717, 1.165) is 17.0 Å². The van der Waals surface area contributed by atoms with E-state index in [0.29, 0.717) is 33.8 Å². The lowest BCUT2D eigenvalue weighted by Gasteiger charge is -2.14. The molecule has 29 heavy (non-hydrogen) atoms. The number of carbonyl (C=O) groups excluding carboxylic acids is 2. The van der Waals surface area contributed by atoms with Crippen molar-refractivity contribution in [2.45, 2.75) is 12.7 Å². The number of benzene rings is 2. The van der Waals surface area contributed by atoms with Crippen molar-refractivity contribution in [1.29, 1.82) is 0 Å². The van der Waals surface area contributed by atoms with Gasteiger partial charge in [-0.05, 0) is 47.2 Å². The van der Waals surface area contributed by atoms with Crippen molar-refractivity contribution in [2.75, 3.05) is 6.79 Å². The van der Waals surface area contributed by atoms with Gasteiger partial charge in [-0.3, -0.25) is 14.5 Å². The largest absolute Gasteiger partial charge is 0.454 e. The van der Waals surface area contributed by atoms with E-state index in [1.165, 1.54) is 24.3 Å². The third-order valence-electron chi connectivity index (χ3n) is 4.26. The molecule has 2 aromatic carbocycles. The molecular weight excluding hydrogens is 431 g/mol. The average molecular weight is 442 g/mol. The van der Waals surface area contributed by atoms with Crippen LogP contribution in [0.2, 0.25) is 5.02 Å². The number of fused-ring (bicyclic) bond motifs is 1. The van der Waals surface area contributed by atoms with E-state index in [9.17, 15) is 22.8 Å². The number of alkyl halides is 3. The second-order valence-corrected chi connectivity index (χ2v) is 7.59. The topological polar surface area (TPSA) is 55.8 Å². The highest BCUT2D eigenvalue weighted by Crippen LogP contribution is 2.39. The second kappa shape index (κ2) is 7.31. The minimum atomic E-state index is -4.50. The number of halogens is 4. The first kappa shape index (κ1) is 19.7. The van der Waals surface area contributed by atoms with Gasteiger partial charge in [0.05, 0.1) is 17.0 Å². The fraction of sp³-hybridized carbons (Fsp3) is 0.158. The Balaban J connectivity index is 1.58. The maximum Gasteiger partial charge on any atom is 0.416 e. The van der Waals surface area contributed by atoms with Crippen LogP contribution in [-0.4, -0.2) is 22.8 Å². The summed E-state index contributed by atoms with van der Waals surface area (Å²) in [5.74, 6) is 0.319. The normalized spacial score (nSPS) is 17.5. The first-order chi connectivity index (χ1) is 13.7. The SMILES string of the molecule is O=C1SC(=Cc2cccc(C(F)(F)F)c2)C(=O)N1Cc1cc2c(cc1Cl)OCO2. The molecule has 0 bridgehead atoms. The molecule has 0 aliphatic carbocycles. The molecule has 150 valence electrons. The van der Waals surface area contributed by atoms with Crippen molar-refractivity contribution in [3.05, 3.63) is 63.0 Å².